The van der Waals surface area contributed by atoms with E-state index in [1.807, 2.05) is 60.9 Å². The lowest BCUT2D eigenvalue weighted by Gasteiger charge is -2.08. The second-order valence-corrected chi connectivity index (χ2v) is 8.58. The Hall–Kier alpha value is -3.19. The Morgan fingerprint density at radius 1 is 1.16 bits per heavy atom. The van der Waals surface area contributed by atoms with Gasteiger partial charge in [0.2, 0.25) is 5.78 Å². The van der Waals surface area contributed by atoms with E-state index in [2.05, 4.69) is 4.98 Å². The molecule has 31 heavy (non-hydrogen) atoms. The van der Waals surface area contributed by atoms with E-state index in [1.54, 1.807) is 17.6 Å². The number of Topliss-reactive ketones (excluding diaryl/α,β-unsaturated/α-hetero) is 1. The van der Waals surface area contributed by atoms with Gasteiger partial charge in [-0.05, 0) is 57.0 Å². The van der Waals surface area contributed by atoms with Crippen LogP contribution in [0.3, 0.4) is 0 Å². The van der Waals surface area contributed by atoms with Crippen molar-refractivity contribution in [3.05, 3.63) is 76.4 Å². The molecule has 0 amide bonds. The Bertz CT molecular complexity index is 1170. The van der Waals surface area contributed by atoms with Gasteiger partial charge in [-0.3, -0.25) is 9.59 Å². The normalized spacial score (nSPS) is 11.2. The fourth-order valence-corrected chi connectivity index (χ4v) is 4.60. The van der Waals surface area contributed by atoms with Crippen LogP contribution in [0.5, 0.6) is 0 Å². The molecule has 0 spiro atoms. The predicted molar refractivity (Wildman–Crippen MR) is 120 cm³/mol. The van der Waals surface area contributed by atoms with E-state index >= 15 is 0 Å². The number of aryl methyl sites for hydroxylation is 2. The topological polar surface area (TPSA) is 74.3 Å². The van der Waals surface area contributed by atoms with Gasteiger partial charge >= 0.3 is 5.97 Å². The van der Waals surface area contributed by atoms with E-state index < -0.39 is 0 Å². The number of hydrogen-bond donors (Lipinski definition) is 0. The van der Waals surface area contributed by atoms with Gasteiger partial charge in [0.25, 0.3) is 0 Å². The van der Waals surface area contributed by atoms with Crippen LogP contribution in [-0.4, -0.2) is 27.9 Å². The molecule has 0 aliphatic rings. The van der Waals surface area contributed by atoms with E-state index in [0.29, 0.717) is 18.5 Å². The highest BCUT2D eigenvalue weighted by Gasteiger charge is 2.18. The SMILES string of the molecule is Cc1cc(C(=O)COC(=O)CCCc2nc3ccccc3s2)c(C)n1Cc1ccco1. The van der Waals surface area contributed by atoms with E-state index in [-0.39, 0.29) is 24.8 Å². The van der Waals surface area contributed by atoms with Crippen LogP contribution < -0.4 is 0 Å². The summed E-state index contributed by atoms with van der Waals surface area (Å²) in [5.74, 6) is 0.262. The Kier molecular flexibility index (Phi) is 6.32. The lowest BCUT2D eigenvalue weighted by atomic mass is 10.1. The van der Waals surface area contributed by atoms with Gasteiger partial charge in [0.1, 0.15) is 5.76 Å². The van der Waals surface area contributed by atoms with Crippen molar-refractivity contribution in [2.75, 3.05) is 6.61 Å². The first-order valence-electron chi connectivity index (χ1n) is 10.2. The molecule has 3 aromatic heterocycles. The smallest absolute Gasteiger partial charge is 0.306 e. The highest BCUT2D eigenvalue weighted by molar-refractivity contribution is 7.18. The highest BCUT2D eigenvalue weighted by atomic mass is 32.1. The molecule has 0 aliphatic carbocycles. The van der Waals surface area contributed by atoms with Crippen molar-refractivity contribution in [3.63, 3.8) is 0 Å². The van der Waals surface area contributed by atoms with Crippen molar-refractivity contribution < 1.29 is 18.7 Å². The van der Waals surface area contributed by atoms with Gasteiger partial charge in [0.05, 0.1) is 28.0 Å². The van der Waals surface area contributed by atoms with Crippen molar-refractivity contribution >= 4 is 33.3 Å². The average molecular weight is 437 g/mol. The Morgan fingerprint density at radius 2 is 2.00 bits per heavy atom. The summed E-state index contributed by atoms with van der Waals surface area (Å²) in [6.45, 7) is 4.15. The number of para-hydroxylation sites is 1. The summed E-state index contributed by atoms with van der Waals surface area (Å²) in [4.78, 5) is 29.3. The number of esters is 1. The number of ketones is 1. The molecule has 7 heteroatoms. The molecule has 6 nitrogen and oxygen atoms in total. The zero-order valence-corrected chi connectivity index (χ0v) is 18.4. The van der Waals surface area contributed by atoms with E-state index in [9.17, 15) is 9.59 Å². The summed E-state index contributed by atoms with van der Waals surface area (Å²) in [5, 5.41) is 1.01. The molecule has 0 saturated heterocycles. The maximum Gasteiger partial charge on any atom is 0.306 e. The second-order valence-electron chi connectivity index (χ2n) is 7.46. The number of rotatable bonds is 9. The lowest BCUT2D eigenvalue weighted by Crippen LogP contribution is -2.15. The molecule has 0 radical (unpaired) electrons. The average Bonchev–Trinajstić information content (AvgIpc) is 3.48. The number of benzene rings is 1. The van der Waals surface area contributed by atoms with Gasteiger partial charge in [-0.1, -0.05) is 12.1 Å². The van der Waals surface area contributed by atoms with Crippen molar-refractivity contribution in [3.8, 4) is 0 Å². The first kappa shape index (κ1) is 21.1. The van der Waals surface area contributed by atoms with Gasteiger partial charge in [-0.2, -0.15) is 0 Å². The molecule has 0 atom stereocenters. The number of nitrogens with zero attached hydrogens (tertiary/aromatic N) is 2. The number of carbonyl (C=O) groups excluding carboxylic acids is 2. The third-order valence-corrected chi connectivity index (χ3v) is 6.34. The van der Waals surface area contributed by atoms with Crippen molar-refractivity contribution in [2.45, 2.75) is 39.7 Å². The second kappa shape index (κ2) is 9.31. The summed E-state index contributed by atoms with van der Waals surface area (Å²) in [6.07, 6.45) is 3.26. The monoisotopic (exact) mass is 436 g/mol. The summed E-state index contributed by atoms with van der Waals surface area (Å²) in [7, 11) is 0. The quantitative estimate of drug-likeness (QED) is 0.269. The number of thiazole rings is 1. The Morgan fingerprint density at radius 3 is 2.77 bits per heavy atom. The minimum Gasteiger partial charge on any atom is -0.467 e. The van der Waals surface area contributed by atoms with Crippen molar-refractivity contribution in [1.29, 1.82) is 0 Å². The van der Waals surface area contributed by atoms with Crippen LogP contribution in [0.4, 0.5) is 0 Å². The highest BCUT2D eigenvalue weighted by Crippen LogP contribution is 2.23. The fourth-order valence-electron chi connectivity index (χ4n) is 3.59. The fraction of sp³-hybridized carbons (Fsp3) is 0.292. The molecule has 0 N–H and O–H groups in total. The van der Waals surface area contributed by atoms with Gasteiger partial charge in [0, 0.05) is 23.4 Å². The van der Waals surface area contributed by atoms with Crippen molar-refractivity contribution in [2.24, 2.45) is 0 Å². The zero-order chi connectivity index (χ0) is 21.8. The first-order chi connectivity index (χ1) is 15.0. The van der Waals surface area contributed by atoms with Gasteiger partial charge < -0.3 is 13.7 Å². The summed E-state index contributed by atoms with van der Waals surface area (Å²) in [5.41, 5.74) is 3.36. The number of furan rings is 1. The van der Waals surface area contributed by atoms with Crippen LogP contribution >= 0.6 is 11.3 Å². The van der Waals surface area contributed by atoms with E-state index in [4.69, 9.17) is 9.15 Å². The molecular formula is C24H24N2O4S. The molecular weight excluding hydrogens is 412 g/mol. The Labute approximate surface area is 184 Å². The molecule has 160 valence electrons. The predicted octanol–water partition coefficient (Wildman–Crippen LogP) is 5.10. The zero-order valence-electron chi connectivity index (χ0n) is 17.6. The van der Waals surface area contributed by atoms with Crippen LogP contribution in [0, 0.1) is 13.8 Å². The first-order valence-corrected chi connectivity index (χ1v) is 11.1. The molecule has 0 aliphatic heterocycles. The summed E-state index contributed by atoms with van der Waals surface area (Å²) in [6, 6.07) is 13.6. The molecule has 0 fully saturated rings. The number of fused-ring (bicyclic) bond motifs is 1. The standard InChI is InChI=1S/C24H24N2O4S/c1-16-13-19(17(2)26(16)14-18-7-6-12-29-18)21(27)15-30-24(28)11-5-10-23-25-20-8-3-4-9-22(20)31-23/h3-4,6-9,12-13H,5,10-11,14-15H2,1-2H3. The molecule has 0 unspecified atom stereocenters. The van der Waals surface area contributed by atoms with Crippen LogP contribution in [0.2, 0.25) is 0 Å². The van der Waals surface area contributed by atoms with E-state index in [0.717, 1.165) is 38.8 Å². The summed E-state index contributed by atoms with van der Waals surface area (Å²) < 4.78 is 13.8. The van der Waals surface area contributed by atoms with Gasteiger partial charge in [-0.25, -0.2) is 4.98 Å². The lowest BCUT2D eigenvalue weighted by molar-refractivity contribution is -0.142. The summed E-state index contributed by atoms with van der Waals surface area (Å²) >= 11 is 1.64. The molecule has 0 saturated carbocycles. The maximum absolute atomic E-state index is 12.6. The molecule has 4 aromatic rings. The van der Waals surface area contributed by atoms with Crippen LogP contribution in [-0.2, 0) is 22.5 Å². The van der Waals surface area contributed by atoms with Gasteiger partial charge in [0.15, 0.2) is 6.61 Å². The molecule has 4 rings (SSSR count). The minimum absolute atomic E-state index is 0.196. The Balaban J connectivity index is 1.26. The largest absolute Gasteiger partial charge is 0.467 e. The number of aromatic nitrogens is 2. The minimum atomic E-state index is -0.362. The third kappa shape index (κ3) is 4.94. The number of carbonyl (C=O) groups is 2. The van der Waals surface area contributed by atoms with Crippen LogP contribution in [0.15, 0.2) is 53.1 Å². The van der Waals surface area contributed by atoms with Crippen LogP contribution in [0.1, 0.15) is 45.4 Å². The molecule has 3 heterocycles. The number of hydrogen-bond acceptors (Lipinski definition) is 6. The maximum atomic E-state index is 12.6. The van der Waals surface area contributed by atoms with Crippen molar-refractivity contribution in [1.82, 2.24) is 9.55 Å². The van der Waals surface area contributed by atoms with Gasteiger partial charge in [-0.15, -0.1) is 11.3 Å². The molecule has 1 aromatic carbocycles. The van der Waals surface area contributed by atoms with Crippen LogP contribution in [0.25, 0.3) is 10.2 Å². The third-order valence-electron chi connectivity index (χ3n) is 5.24. The molecule has 0 bridgehead atoms. The number of ether oxygens (including phenoxy) is 1. The van der Waals surface area contributed by atoms with E-state index in [1.165, 1.54) is 0 Å².